The van der Waals surface area contributed by atoms with Gasteiger partial charge >= 0.3 is 0 Å². The van der Waals surface area contributed by atoms with Crippen LogP contribution in [0.2, 0.25) is 0 Å². The number of hydrogen-bond donors (Lipinski definition) is 2. The molecule has 7 nitrogen and oxygen atoms in total. The van der Waals surface area contributed by atoms with Crippen molar-refractivity contribution in [3.05, 3.63) is 66.1 Å². The van der Waals surface area contributed by atoms with Crippen LogP contribution in [-0.2, 0) is 0 Å². The second-order valence-electron chi connectivity index (χ2n) is 5.56. The molecule has 0 aliphatic heterocycles. The molecule has 0 radical (unpaired) electrons. The lowest BCUT2D eigenvalue weighted by molar-refractivity contribution is 0.102. The molecule has 0 aliphatic rings. The highest BCUT2D eigenvalue weighted by atomic mass is 19.1. The molecule has 144 valence electrons. The topological polar surface area (TPSA) is 85.4 Å². The van der Waals surface area contributed by atoms with Crippen molar-refractivity contribution < 1.29 is 23.0 Å². The Morgan fingerprint density at radius 2 is 1.75 bits per heavy atom. The molecule has 1 amide bonds. The van der Waals surface area contributed by atoms with E-state index in [2.05, 4.69) is 20.6 Å². The number of ether oxygens (including phenoxy) is 2. The van der Waals surface area contributed by atoms with E-state index >= 15 is 0 Å². The fourth-order valence-corrected chi connectivity index (χ4v) is 2.39. The van der Waals surface area contributed by atoms with Gasteiger partial charge in [-0.05, 0) is 24.3 Å². The molecule has 0 saturated heterocycles. The number of nitrogens with one attached hydrogen (secondary N) is 2. The maximum absolute atomic E-state index is 13.8. The molecular formula is C19H16F2N4O3. The Hall–Kier alpha value is -3.75. The number of nitrogens with zero attached hydrogens (tertiary/aromatic N) is 2. The van der Waals surface area contributed by atoms with Crippen LogP contribution in [0, 0.1) is 11.6 Å². The maximum atomic E-state index is 13.8. The SMILES string of the molecule is COc1ccc(NC(=O)c2cc(Nc3ccc(F)cc3F)ncn2)cc1OC. The number of aromatic nitrogens is 2. The van der Waals surface area contributed by atoms with Crippen molar-refractivity contribution in [1.29, 1.82) is 0 Å². The zero-order valence-corrected chi connectivity index (χ0v) is 15.0. The molecule has 0 saturated carbocycles. The number of halogens is 2. The molecule has 9 heteroatoms. The lowest BCUT2D eigenvalue weighted by atomic mass is 10.2. The van der Waals surface area contributed by atoms with Crippen molar-refractivity contribution in [2.45, 2.75) is 0 Å². The summed E-state index contributed by atoms with van der Waals surface area (Å²) in [6.07, 6.45) is 1.16. The lowest BCUT2D eigenvalue weighted by Crippen LogP contribution is -2.14. The van der Waals surface area contributed by atoms with Crippen LogP contribution < -0.4 is 20.1 Å². The second-order valence-corrected chi connectivity index (χ2v) is 5.56. The van der Waals surface area contributed by atoms with Gasteiger partial charge < -0.3 is 20.1 Å². The molecule has 3 aromatic rings. The standard InChI is InChI=1S/C19H16F2N4O3/c1-27-16-6-4-12(8-17(16)28-2)24-19(26)15-9-18(23-10-22-15)25-14-5-3-11(20)7-13(14)21/h3-10H,1-2H3,(H,24,26)(H,22,23,25). The monoisotopic (exact) mass is 386 g/mol. The molecule has 1 heterocycles. The third kappa shape index (κ3) is 4.32. The van der Waals surface area contributed by atoms with Gasteiger partial charge in [0.15, 0.2) is 11.5 Å². The summed E-state index contributed by atoms with van der Waals surface area (Å²) >= 11 is 0. The van der Waals surface area contributed by atoms with Gasteiger partial charge in [-0.3, -0.25) is 4.79 Å². The van der Waals surface area contributed by atoms with Crippen LogP contribution in [0.1, 0.15) is 10.5 Å². The first kappa shape index (κ1) is 19.0. The highest BCUT2D eigenvalue weighted by molar-refractivity contribution is 6.03. The molecule has 28 heavy (non-hydrogen) atoms. The maximum Gasteiger partial charge on any atom is 0.274 e. The second kappa shape index (κ2) is 8.30. The fourth-order valence-electron chi connectivity index (χ4n) is 2.39. The Kier molecular flexibility index (Phi) is 5.64. The van der Waals surface area contributed by atoms with E-state index in [1.807, 2.05) is 0 Å². The van der Waals surface area contributed by atoms with Crippen molar-refractivity contribution in [3.8, 4) is 11.5 Å². The van der Waals surface area contributed by atoms with Crippen LogP contribution in [0.3, 0.4) is 0 Å². The quantitative estimate of drug-likeness (QED) is 0.671. The summed E-state index contributed by atoms with van der Waals surface area (Å²) in [6, 6.07) is 9.33. The molecule has 2 aromatic carbocycles. The number of methoxy groups -OCH3 is 2. The van der Waals surface area contributed by atoms with Gasteiger partial charge in [-0.1, -0.05) is 0 Å². The first-order valence-corrected chi connectivity index (χ1v) is 8.07. The van der Waals surface area contributed by atoms with Gasteiger partial charge in [0.1, 0.15) is 29.5 Å². The number of carbonyl (C=O) groups excluding carboxylic acids is 1. The number of hydrogen-bond acceptors (Lipinski definition) is 6. The molecule has 0 fully saturated rings. The van der Waals surface area contributed by atoms with E-state index in [1.165, 1.54) is 26.4 Å². The predicted molar refractivity (Wildman–Crippen MR) is 99.2 cm³/mol. The van der Waals surface area contributed by atoms with Gasteiger partial charge in [0.05, 0.1) is 19.9 Å². The van der Waals surface area contributed by atoms with Crippen LogP contribution in [-0.4, -0.2) is 30.1 Å². The Bertz CT molecular complexity index is 1010. The zero-order chi connectivity index (χ0) is 20.1. The van der Waals surface area contributed by atoms with Gasteiger partial charge in [-0.25, -0.2) is 18.7 Å². The van der Waals surface area contributed by atoms with Crippen molar-refractivity contribution in [1.82, 2.24) is 9.97 Å². The van der Waals surface area contributed by atoms with Crippen LogP contribution in [0.25, 0.3) is 0 Å². The van der Waals surface area contributed by atoms with Crippen molar-refractivity contribution in [3.63, 3.8) is 0 Å². The van der Waals surface area contributed by atoms with E-state index in [9.17, 15) is 13.6 Å². The third-order valence-electron chi connectivity index (χ3n) is 3.73. The summed E-state index contributed by atoms with van der Waals surface area (Å²) in [7, 11) is 3.00. The molecule has 0 atom stereocenters. The van der Waals surface area contributed by atoms with E-state index in [0.29, 0.717) is 17.2 Å². The van der Waals surface area contributed by atoms with Crippen molar-refractivity contribution >= 4 is 23.1 Å². The highest BCUT2D eigenvalue weighted by Crippen LogP contribution is 2.30. The largest absolute Gasteiger partial charge is 0.493 e. The summed E-state index contributed by atoms with van der Waals surface area (Å²) in [5.41, 5.74) is 0.543. The minimum atomic E-state index is -0.782. The average molecular weight is 386 g/mol. The number of anilines is 3. The summed E-state index contributed by atoms with van der Waals surface area (Å²) < 4.78 is 37.1. The minimum Gasteiger partial charge on any atom is -0.493 e. The van der Waals surface area contributed by atoms with E-state index in [0.717, 1.165) is 18.5 Å². The van der Waals surface area contributed by atoms with Gasteiger partial charge in [-0.2, -0.15) is 0 Å². The van der Waals surface area contributed by atoms with E-state index in [1.54, 1.807) is 18.2 Å². The van der Waals surface area contributed by atoms with E-state index in [4.69, 9.17) is 9.47 Å². The number of benzene rings is 2. The number of carbonyl (C=O) groups is 1. The van der Waals surface area contributed by atoms with Crippen LogP contribution in [0.4, 0.5) is 26.0 Å². The smallest absolute Gasteiger partial charge is 0.274 e. The molecule has 0 aliphatic carbocycles. The molecule has 2 N–H and O–H groups in total. The molecule has 1 aromatic heterocycles. The minimum absolute atomic E-state index is 0.0198. The summed E-state index contributed by atoms with van der Waals surface area (Å²) in [5, 5.41) is 5.36. The van der Waals surface area contributed by atoms with E-state index in [-0.39, 0.29) is 17.2 Å². The normalized spacial score (nSPS) is 10.3. The van der Waals surface area contributed by atoms with Gasteiger partial charge in [0.2, 0.25) is 0 Å². The number of amides is 1. The molecule has 0 unspecified atom stereocenters. The average Bonchev–Trinajstić information content (AvgIpc) is 2.70. The Balaban J connectivity index is 1.77. The molecule has 0 bridgehead atoms. The third-order valence-corrected chi connectivity index (χ3v) is 3.73. The zero-order valence-electron chi connectivity index (χ0n) is 15.0. The van der Waals surface area contributed by atoms with Gasteiger partial charge in [0, 0.05) is 23.9 Å². The van der Waals surface area contributed by atoms with Gasteiger partial charge in [0.25, 0.3) is 5.91 Å². The van der Waals surface area contributed by atoms with Crippen LogP contribution in [0.5, 0.6) is 11.5 Å². The molecular weight excluding hydrogens is 370 g/mol. The summed E-state index contributed by atoms with van der Waals surface area (Å²) in [5.74, 6) is -0.821. The first-order valence-electron chi connectivity index (χ1n) is 8.07. The van der Waals surface area contributed by atoms with E-state index < -0.39 is 17.5 Å². The lowest BCUT2D eigenvalue weighted by Gasteiger charge is -2.11. The van der Waals surface area contributed by atoms with Crippen molar-refractivity contribution in [2.24, 2.45) is 0 Å². The highest BCUT2D eigenvalue weighted by Gasteiger charge is 2.12. The Morgan fingerprint density at radius 1 is 0.964 bits per heavy atom. The Labute approximate surface area is 159 Å². The molecule has 3 rings (SSSR count). The first-order chi connectivity index (χ1) is 13.5. The Morgan fingerprint density at radius 3 is 2.46 bits per heavy atom. The summed E-state index contributed by atoms with van der Waals surface area (Å²) in [6.45, 7) is 0. The van der Waals surface area contributed by atoms with Crippen LogP contribution in [0.15, 0.2) is 48.8 Å². The predicted octanol–water partition coefficient (Wildman–Crippen LogP) is 3.77. The molecule has 0 spiro atoms. The summed E-state index contributed by atoms with van der Waals surface area (Å²) in [4.78, 5) is 20.3. The van der Waals surface area contributed by atoms with Crippen molar-refractivity contribution in [2.75, 3.05) is 24.9 Å². The van der Waals surface area contributed by atoms with Gasteiger partial charge in [-0.15, -0.1) is 0 Å². The van der Waals surface area contributed by atoms with Crippen LogP contribution >= 0.6 is 0 Å². The number of rotatable bonds is 6. The fraction of sp³-hybridized carbons (Fsp3) is 0.105.